The molecule has 1 aliphatic carbocycles. The van der Waals surface area contributed by atoms with Gasteiger partial charge in [-0.05, 0) is 31.7 Å². The molecule has 1 aromatic heterocycles. The number of nitrogens with one attached hydrogen (secondary N) is 2. The van der Waals surface area contributed by atoms with Gasteiger partial charge in [-0.1, -0.05) is 26.2 Å². The number of carbonyl (C=O) groups excluding carboxylic acids is 1. The maximum atomic E-state index is 11.8. The average Bonchev–Trinajstić information content (AvgIpc) is 2.83. The lowest BCUT2D eigenvalue weighted by molar-refractivity contribution is 0.230. The molecule has 1 atom stereocenters. The molecular weight excluding hydrogens is 252 g/mol. The second kappa shape index (κ2) is 7.31. The first kappa shape index (κ1) is 14.9. The number of amides is 2. The van der Waals surface area contributed by atoms with Crippen molar-refractivity contribution < 1.29 is 4.79 Å². The highest BCUT2D eigenvalue weighted by Gasteiger charge is 2.15. The number of hydrogen-bond acceptors (Lipinski definition) is 2. The van der Waals surface area contributed by atoms with E-state index < -0.39 is 0 Å². The molecule has 0 bridgehead atoms. The van der Waals surface area contributed by atoms with Gasteiger partial charge in [-0.25, -0.2) is 4.79 Å². The molecule has 0 spiro atoms. The van der Waals surface area contributed by atoms with Crippen LogP contribution < -0.4 is 10.6 Å². The van der Waals surface area contributed by atoms with Crippen LogP contribution in [0.3, 0.4) is 0 Å². The molecule has 112 valence electrons. The van der Waals surface area contributed by atoms with Crippen molar-refractivity contribution in [2.24, 2.45) is 5.92 Å². The van der Waals surface area contributed by atoms with Crippen LogP contribution in [0.15, 0.2) is 12.3 Å². The lowest BCUT2D eigenvalue weighted by Crippen LogP contribution is -2.44. The predicted molar refractivity (Wildman–Crippen MR) is 79.5 cm³/mol. The first-order valence-corrected chi connectivity index (χ1v) is 7.68. The lowest BCUT2D eigenvalue weighted by Gasteiger charge is -2.23. The van der Waals surface area contributed by atoms with Crippen molar-refractivity contribution in [3.8, 4) is 0 Å². The van der Waals surface area contributed by atoms with Gasteiger partial charge in [-0.3, -0.25) is 4.68 Å². The summed E-state index contributed by atoms with van der Waals surface area (Å²) in [5, 5.41) is 10.4. The molecule has 0 saturated heterocycles. The van der Waals surface area contributed by atoms with Crippen LogP contribution in [0.5, 0.6) is 0 Å². The van der Waals surface area contributed by atoms with Gasteiger partial charge in [0.25, 0.3) is 0 Å². The van der Waals surface area contributed by atoms with Gasteiger partial charge in [0.2, 0.25) is 0 Å². The third-order valence-corrected chi connectivity index (χ3v) is 3.82. The molecule has 1 fully saturated rings. The molecule has 1 saturated carbocycles. The van der Waals surface area contributed by atoms with E-state index in [0.29, 0.717) is 18.5 Å². The van der Waals surface area contributed by atoms with Crippen LogP contribution in [0.25, 0.3) is 0 Å². The van der Waals surface area contributed by atoms with E-state index in [1.54, 1.807) is 0 Å². The van der Waals surface area contributed by atoms with Crippen LogP contribution in [0.1, 0.15) is 44.7 Å². The number of aryl methyl sites for hydroxylation is 1. The van der Waals surface area contributed by atoms with Crippen molar-refractivity contribution in [3.63, 3.8) is 0 Å². The second-order valence-electron chi connectivity index (χ2n) is 5.97. The van der Waals surface area contributed by atoms with Gasteiger partial charge in [0.15, 0.2) is 0 Å². The van der Waals surface area contributed by atoms with Crippen molar-refractivity contribution in [2.75, 3.05) is 6.54 Å². The Morgan fingerprint density at radius 3 is 2.85 bits per heavy atom. The van der Waals surface area contributed by atoms with E-state index >= 15 is 0 Å². The second-order valence-corrected chi connectivity index (χ2v) is 5.97. The van der Waals surface area contributed by atoms with Crippen molar-refractivity contribution in [3.05, 3.63) is 18.0 Å². The van der Waals surface area contributed by atoms with Gasteiger partial charge in [-0.15, -0.1) is 0 Å². The third-order valence-electron chi connectivity index (χ3n) is 3.82. The van der Waals surface area contributed by atoms with E-state index in [2.05, 4.69) is 22.7 Å². The van der Waals surface area contributed by atoms with Crippen molar-refractivity contribution in [1.29, 1.82) is 0 Å². The van der Waals surface area contributed by atoms with Crippen LogP contribution in [0.2, 0.25) is 0 Å². The monoisotopic (exact) mass is 278 g/mol. The molecule has 20 heavy (non-hydrogen) atoms. The summed E-state index contributed by atoms with van der Waals surface area (Å²) in [4.78, 5) is 11.8. The summed E-state index contributed by atoms with van der Waals surface area (Å²) in [6.07, 6.45) is 8.00. The molecule has 2 amide bonds. The maximum absolute atomic E-state index is 11.8. The van der Waals surface area contributed by atoms with Gasteiger partial charge in [0, 0.05) is 25.3 Å². The van der Waals surface area contributed by atoms with E-state index in [1.807, 2.05) is 23.9 Å². The number of carbonyl (C=O) groups is 1. The van der Waals surface area contributed by atoms with Crippen molar-refractivity contribution in [2.45, 2.75) is 58.5 Å². The van der Waals surface area contributed by atoms with Crippen molar-refractivity contribution >= 4 is 6.03 Å². The zero-order chi connectivity index (χ0) is 14.4. The van der Waals surface area contributed by atoms with Gasteiger partial charge >= 0.3 is 6.03 Å². The third kappa shape index (κ3) is 4.87. The molecule has 1 heterocycles. The Hall–Kier alpha value is -1.52. The van der Waals surface area contributed by atoms with Crippen LogP contribution >= 0.6 is 0 Å². The highest BCUT2D eigenvalue weighted by molar-refractivity contribution is 5.74. The predicted octanol–water partition coefficient (Wildman–Crippen LogP) is 2.46. The van der Waals surface area contributed by atoms with E-state index in [-0.39, 0.29) is 6.03 Å². The van der Waals surface area contributed by atoms with E-state index in [9.17, 15) is 4.79 Å². The lowest BCUT2D eigenvalue weighted by atomic mass is 9.96. The molecule has 0 radical (unpaired) electrons. The first-order chi connectivity index (χ1) is 9.63. The average molecular weight is 278 g/mol. The fourth-order valence-corrected chi connectivity index (χ4v) is 2.70. The highest BCUT2D eigenvalue weighted by Crippen LogP contribution is 2.17. The SMILES string of the molecule is Cc1ccn(C[C@@H](C)CNC(=O)NC2CCCCC2)n1. The van der Waals surface area contributed by atoms with E-state index in [1.165, 1.54) is 19.3 Å². The van der Waals surface area contributed by atoms with Crippen LogP contribution in [0, 0.1) is 12.8 Å². The van der Waals surface area contributed by atoms with Gasteiger partial charge < -0.3 is 10.6 Å². The molecule has 0 unspecified atom stereocenters. The fraction of sp³-hybridized carbons (Fsp3) is 0.733. The number of urea groups is 1. The number of nitrogens with zero attached hydrogens (tertiary/aromatic N) is 2. The van der Waals surface area contributed by atoms with E-state index in [0.717, 1.165) is 25.1 Å². The Morgan fingerprint density at radius 2 is 2.20 bits per heavy atom. The molecule has 1 aromatic rings. The summed E-state index contributed by atoms with van der Waals surface area (Å²) in [5.74, 6) is 0.367. The molecule has 1 aliphatic rings. The molecule has 0 aliphatic heterocycles. The molecular formula is C15H26N4O. The van der Waals surface area contributed by atoms with Gasteiger partial charge in [-0.2, -0.15) is 5.10 Å². The summed E-state index contributed by atoms with van der Waals surface area (Å²) < 4.78 is 1.93. The first-order valence-electron chi connectivity index (χ1n) is 7.68. The van der Waals surface area contributed by atoms with Crippen LogP contribution in [-0.2, 0) is 6.54 Å². The minimum atomic E-state index is -0.0274. The molecule has 5 heteroatoms. The quantitative estimate of drug-likeness (QED) is 0.869. The summed E-state index contributed by atoms with van der Waals surface area (Å²) >= 11 is 0. The Bertz CT molecular complexity index is 423. The molecule has 5 nitrogen and oxygen atoms in total. The topological polar surface area (TPSA) is 59.0 Å². The summed E-state index contributed by atoms with van der Waals surface area (Å²) in [7, 11) is 0. The molecule has 0 aromatic carbocycles. The fourth-order valence-electron chi connectivity index (χ4n) is 2.70. The van der Waals surface area contributed by atoms with Crippen LogP contribution in [0.4, 0.5) is 4.79 Å². The van der Waals surface area contributed by atoms with Gasteiger partial charge in [0.1, 0.15) is 0 Å². The Labute approximate surface area is 121 Å². The number of hydrogen-bond donors (Lipinski definition) is 2. The van der Waals surface area contributed by atoms with Crippen LogP contribution in [-0.4, -0.2) is 28.4 Å². The zero-order valence-electron chi connectivity index (χ0n) is 12.6. The summed E-state index contributed by atoms with van der Waals surface area (Å²) in [6, 6.07) is 2.34. The number of rotatable bonds is 5. The minimum Gasteiger partial charge on any atom is -0.338 e. The summed E-state index contributed by atoms with van der Waals surface area (Å²) in [6.45, 7) is 5.62. The molecule has 2 rings (SSSR count). The number of aromatic nitrogens is 2. The summed E-state index contributed by atoms with van der Waals surface area (Å²) in [5.41, 5.74) is 1.03. The molecule has 2 N–H and O–H groups in total. The van der Waals surface area contributed by atoms with Gasteiger partial charge in [0.05, 0.1) is 5.69 Å². The Morgan fingerprint density at radius 1 is 1.45 bits per heavy atom. The normalized spacial score (nSPS) is 17.7. The minimum absolute atomic E-state index is 0.0274. The smallest absolute Gasteiger partial charge is 0.315 e. The zero-order valence-corrected chi connectivity index (χ0v) is 12.6. The maximum Gasteiger partial charge on any atom is 0.315 e. The largest absolute Gasteiger partial charge is 0.338 e. The Kier molecular flexibility index (Phi) is 5.44. The Balaban J connectivity index is 1.64. The standard InChI is InChI=1S/C15H26N4O/c1-12(11-19-9-8-13(2)18-19)10-16-15(20)17-14-6-4-3-5-7-14/h8-9,12,14H,3-7,10-11H2,1-2H3,(H2,16,17,20)/t12-/m0/s1. The van der Waals surface area contributed by atoms with Crippen molar-refractivity contribution in [1.82, 2.24) is 20.4 Å². The highest BCUT2D eigenvalue weighted by atomic mass is 16.2. The van der Waals surface area contributed by atoms with E-state index in [4.69, 9.17) is 0 Å².